The Morgan fingerprint density at radius 1 is 1.64 bits per heavy atom. The molecule has 0 saturated carbocycles. The summed E-state index contributed by atoms with van der Waals surface area (Å²) < 4.78 is 1.11. The van der Waals surface area contributed by atoms with E-state index < -0.39 is 0 Å². The van der Waals surface area contributed by atoms with E-state index in [4.69, 9.17) is 0 Å². The van der Waals surface area contributed by atoms with Gasteiger partial charge in [0.15, 0.2) is 0 Å². The predicted molar refractivity (Wildman–Crippen MR) is 63.3 cm³/mol. The van der Waals surface area contributed by atoms with Crippen molar-refractivity contribution in [2.45, 2.75) is 20.4 Å². The van der Waals surface area contributed by atoms with Crippen LogP contribution in [-0.2, 0) is 11.3 Å². The van der Waals surface area contributed by atoms with Crippen LogP contribution in [0.1, 0.15) is 19.4 Å². The van der Waals surface area contributed by atoms with Gasteiger partial charge in [0.1, 0.15) is 0 Å². The highest BCUT2D eigenvalue weighted by atomic mass is 79.9. The van der Waals surface area contributed by atoms with Crippen LogP contribution in [0.15, 0.2) is 15.2 Å². The smallest absolute Gasteiger partial charge is 0.225 e. The number of nitrogens with zero attached hydrogens (tertiary/aromatic N) is 1. The maximum atomic E-state index is 11.6. The summed E-state index contributed by atoms with van der Waals surface area (Å²) in [7, 11) is 1.84. The Kier molecular flexibility index (Phi) is 4.13. The minimum atomic E-state index is 0.0714. The van der Waals surface area contributed by atoms with Crippen molar-refractivity contribution in [3.8, 4) is 0 Å². The molecule has 4 heteroatoms. The third kappa shape index (κ3) is 3.10. The third-order valence-electron chi connectivity index (χ3n) is 1.91. The summed E-state index contributed by atoms with van der Waals surface area (Å²) in [6, 6.07) is 2.05. The number of thiophene rings is 1. The molecule has 14 heavy (non-hydrogen) atoms. The summed E-state index contributed by atoms with van der Waals surface area (Å²) in [6.45, 7) is 4.53. The van der Waals surface area contributed by atoms with E-state index in [1.54, 1.807) is 16.2 Å². The first kappa shape index (κ1) is 11.7. The van der Waals surface area contributed by atoms with Gasteiger partial charge in [-0.05, 0) is 32.9 Å². The quantitative estimate of drug-likeness (QED) is 0.830. The molecular formula is C10H14BrNOS. The number of hydrogen-bond acceptors (Lipinski definition) is 2. The molecule has 0 aliphatic heterocycles. The lowest BCUT2D eigenvalue weighted by molar-refractivity contribution is -0.133. The average molecular weight is 276 g/mol. The van der Waals surface area contributed by atoms with Crippen LogP contribution in [-0.4, -0.2) is 17.9 Å². The molecule has 0 saturated heterocycles. The van der Waals surface area contributed by atoms with E-state index in [1.807, 2.05) is 20.9 Å². The Morgan fingerprint density at radius 3 is 2.71 bits per heavy atom. The second-order valence-electron chi connectivity index (χ2n) is 3.61. The Balaban J connectivity index is 2.57. The van der Waals surface area contributed by atoms with Crippen LogP contribution in [0.5, 0.6) is 0 Å². The van der Waals surface area contributed by atoms with Crippen molar-refractivity contribution < 1.29 is 4.79 Å². The number of amides is 1. The molecule has 0 aliphatic carbocycles. The molecule has 1 amide bonds. The van der Waals surface area contributed by atoms with Gasteiger partial charge in [-0.1, -0.05) is 13.8 Å². The summed E-state index contributed by atoms with van der Waals surface area (Å²) in [4.78, 5) is 13.3. The van der Waals surface area contributed by atoms with Crippen LogP contribution in [0, 0.1) is 5.92 Å². The average Bonchev–Trinajstić information content (AvgIpc) is 2.49. The minimum absolute atomic E-state index is 0.0714. The first-order valence-corrected chi connectivity index (χ1v) is 6.16. The molecule has 1 rings (SSSR count). The number of carbonyl (C=O) groups excluding carboxylic acids is 1. The van der Waals surface area contributed by atoms with Gasteiger partial charge < -0.3 is 4.90 Å². The van der Waals surface area contributed by atoms with Crippen molar-refractivity contribution in [1.29, 1.82) is 0 Å². The molecule has 0 bridgehead atoms. The zero-order valence-electron chi connectivity index (χ0n) is 8.58. The van der Waals surface area contributed by atoms with Crippen LogP contribution >= 0.6 is 27.3 Å². The highest BCUT2D eigenvalue weighted by molar-refractivity contribution is 9.11. The normalized spacial score (nSPS) is 10.6. The van der Waals surface area contributed by atoms with Gasteiger partial charge >= 0.3 is 0 Å². The topological polar surface area (TPSA) is 20.3 Å². The predicted octanol–water partition coefficient (Wildman–Crippen LogP) is 3.13. The fourth-order valence-corrected chi connectivity index (χ4v) is 2.42. The van der Waals surface area contributed by atoms with Crippen LogP contribution < -0.4 is 0 Å². The van der Waals surface area contributed by atoms with Crippen LogP contribution in [0.25, 0.3) is 0 Å². The zero-order chi connectivity index (χ0) is 10.7. The summed E-state index contributed by atoms with van der Waals surface area (Å²) in [6.07, 6.45) is 0. The molecule has 1 heterocycles. The molecule has 0 N–H and O–H groups in total. The van der Waals surface area contributed by atoms with Crippen molar-refractivity contribution in [1.82, 2.24) is 4.90 Å². The molecule has 1 aromatic rings. The SMILES string of the molecule is CC(C)C(=O)N(C)Cc1csc(Br)c1. The molecule has 0 fully saturated rings. The number of hydrogen-bond donors (Lipinski definition) is 0. The Hall–Kier alpha value is -0.350. The lowest BCUT2D eigenvalue weighted by Gasteiger charge is -2.18. The monoisotopic (exact) mass is 275 g/mol. The fourth-order valence-electron chi connectivity index (χ4n) is 1.22. The number of carbonyl (C=O) groups is 1. The summed E-state index contributed by atoms with van der Waals surface area (Å²) in [5, 5.41) is 2.06. The third-order valence-corrected chi connectivity index (χ3v) is 3.46. The van der Waals surface area contributed by atoms with E-state index in [0.29, 0.717) is 6.54 Å². The van der Waals surface area contributed by atoms with Crippen LogP contribution in [0.3, 0.4) is 0 Å². The number of halogens is 1. The van der Waals surface area contributed by atoms with E-state index in [-0.39, 0.29) is 11.8 Å². The summed E-state index contributed by atoms with van der Waals surface area (Å²) >= 11 is 5.05. The number of rotatable bonds is 3. The maximum absolute atomic E-state index is 11.6. The molecule has 0 spiro atoms. The minimum Gasteiger partial charge on any atom is -0.341 e. The molecule has 0 unspecified atom stereocenters. The summed E-state index contributed by atoms with van der Waals surface area (Å²) in [5.74, 6) is 0.259. The van der Waals surface area contributed by atoms with Gasteiger partial charge in [-0.2, -0.15) is 0 Å². The molecule has 2 nitrogen and oxygen atoms in total. The van der Waals surface area contributed by atoms with Gasteiger partial charge in [0.05, 0.1) is 3.79 Å². The largest absolute Gasteiger partial charge is 0.341 e. The van der Waals surface area contributed by atoms with Crippen LogP contribution in [0.2, 0.25) is 0 Å². The Labute approximate surface area is 97.1 Å². The van der Waals surface area contributed by atoms with Crippen molar-refractivity contribution in [3.63, 3.8) is 0 Å². The highest BCUT2D eigenvalue weighted by Gasteiger charge is 2.13. The van der Waals surface area contributed by atoms with Gasteiger partial charge in [0.2, 0.25) is 5.91 Å². The van der Waals surface area contributed by atoms with Crippen molar-refractivity contribution >= 4 is 33.2 Å². The molecule has 0 atom stereocenters. The fraction of sp³-hybridized carbons (Fsp3) is 0.500. The van der Waals surface area contributed by atoms with Gasteiger partial charge in [-0.15, -0.1) is 11.3 Å². The van der Waals surface area contributed by atoms with E-state index in [1.165, 1.54) is 5.56 Å². The van der Waals surface area contributed by atoms with Crippen molar-refractivity contribution in [2.75, 3.05) is 7.05 Å². The van der Waals surface area contributed by atoms with Gasteiger partial charge in [-0.25, -0.2) is 0 Å². The summed E-state index contributed by atoms with van der Waals surface area (Å²) in [5.41, 5.74) is 1.18. The van der Waals surface area contributed by atoms with Gasteiger partial charge in [-0.3, -0.25) is 4.79 Å². The lowest BCUT2D eigenvalue weighted by Crippen LogP contribution is -2.29. The zero-order valence-corrected chi connectivity index (χ0v) is 11.0. The van der Waals surface area contributed by atoms with E-state index in [2.05, 4.69) is 27.4 Å². The van der Waals surface area contributed by atoms with E-state index in [0.717, 1.165) is 3.79 Å². The molecule has 1 aromatic heterocycles. The molecule has 0 radical (unpaired) electrons. The Bertz CT molecular complexity index is 322. The van der Waals surface area contributed by atoms with Gasteiger partial charge in [0.25, 0.3) is 0 Å². The molecular weight excluding hydrogens is 262 g/mol. The van der Waals surface area contributed by atoms with Gasteiger partial charge in [0, 0.05) is 19.5 Å². The molecule has 0 aromatic carbocycles. The van der Waals surface area contributed by atoms with Crippen molar-refractivity contribution in [3.05, 3.63) is 20.8 Å². The van der Waals surface area contributed by atoms with E-state index >= 15 is 0 Å². The van der Waals surface area contributed by atoms with Crippen LogP contribution in [0.4, 0.5) is 0 Å². The standard InChI is InChI=1S/C10H14BrNOS/c1-7(2)10(13)12(3)5-8-4-9(11)14-6-8/h4,6-7H,5H2,1-3H3. The maximum Gasteiger partial charge on any atom is 0.225 e. The highest BCUT2D eigenvalue weighted by Crippen LogP contribution is 2.21. The molecule has 0 aliphatic rings. The lowest BCUT2D eigenvalue weighted by atomic mass is 10.2. The first-order chi connectivity index (χ1) is 6.50. The first-order valence-electron chi connectivity index (χ1n) is 4.48. The van der Waals surface area contributed by atoms with E-state index in [9.17, 15) is 4.79 Å². The van der Waals surface area contributed by atoms with Crippen molar-refractivity contribution in [2.24, 2.45) is 5.92 Å². The second kappa shape index (κ2) is 4.94. The Morgan fingerprint density at radius 2 is 2.29 bits per heavy atom. The second-order valence-corrected chi connectivity index (χ2v) is 5.90. The molecule has 78 valence electrons.